The standard InChI is InChI=1S/C4H6F3O6S3.Zn/c5-2(14(8)9)1(3(6)15(10)11)4(7)16(12)13;/h2-4,14-16H;. The summed E-state index contributed by atoms with van der Waals surface area (Å²) in [6.45, 7) is 0. The van der Waals surface area contributed by atoms with E-state index >= 15 is 0 Å². The normalized spacial score (nSPS) is 17.1. The van der Waals surface area contributed by atoms with Crippen molar-refractivity contribution in [2.24, 2.45) is 0 Å². The zero-order chi connectivity index (χ0) is 13.0. The van der Waals surface area contributed by atoms with Crippen LogP contribution in [0.15, 0.2) is 0 Å². The van der Waals surface area contributed by atoms with Gasteiger partial charge in [-0.3, -0.25) is 0 Å². The van der Waals surface area contributed by atoms with E-state index in [0.29, 0.717) is 0 Å². The Labute approximate surface area is 112 Å². The Morgan fingerprint density at radius 2 is 0.824 bits per heavy atom. The van der Waals surface area contributed by atoms with Crippen molar-refractivity contribution in [2.75, 3.05) is 0 Å². The maximum atomic E-state index is 12.8. The van der Waals surface area contributed by atoms with Gasteiger partial charge in [0.15, 0.2) is 32.1 Å². The van der Waals surface area contributed by atoms with Gasteiger partial charge in [0, 0.05) is 19.5 Å². The molecule has 0 aliphatic carbocycles. The van der Waals surface area contributed by atoms with Crippen LogP contribution in [0.3, 0.4) is 0 Å². The van der Waals surface area contributed by atoms with Crippen molar-refractivity contribution < 1.29 is 57.9 Å². The topological polar surface area (TPSA) is 102 Å². The minimum absolute atomic E-state index is 0. The average Bonchev–Trinajstić information content (AvgIpc) is 2.16. The van der Waals surface area contributed by atoms with Crippen molar-refractivity contribution in [1.82, 2.24) is 0 Å². The third-order valence-corrected chi connectivity index (χ3v) is 3.39. The number of rotatable bonds is 6. The molecule has 0 saturated carbocycles. The van der Waals surface area contributed by atoms with Gasteiger partial charge in [0.05, 0.1) is 0 Å². The minimum Gasteiger partial charge on any atom is -0.229 e. The fourth-order valence-electron chi connectivity index (χ4n) is 0.706. The van der Waals surface area contributed by atoms with Crippen LogP contribution in [0.4, 0.5) is 13.2 Å². The van der Waals surface area contributed by atoms with E-state index < -0.39 is 54.5 Å². The van der Waals surface area contributed by atoms with Crippen LogP contribution in [-0.4, -0.2) is 41.8 Å². The van der Waals surface area contributed by atoms with E-state index in [9.17, 15) is 38.4 Å². The second kappa shape index (κ2) is 8.38. The Morgan fingerprint density at radius 3 is 0.941 bits per heavy atom. The molecule has 0 aromatic carbocycles. The van der Waals surface area contributed by atoms with Crippen molar-refractivity contribution >= 4 is 32.1 Å². The fourth-order valence-corrected chi connectivity index (χ4v) is 2.57. The molecule has 3 atom stereocenters. The second-order valence-corrected chi connectivity index (χ2v) is 5.44. The SMILES string of the molecule is O=[SH](=O)C(F)[C](C(F)[SH](=O)=O)C(F)[SH](=O)=O.[Zn]. The van der Waals surface area contributed by atoms with Crippen molar-refractivity contribution in [2.45, 2.75) is 16.5 Å². The molecule has 13 heteroatoms. The summed E-state index contributed by atoms with van der Waals surface area (Å²) in [5.41, 5.74) is -9.96. The first-order chi connectivity index (χ1) is 7.20. The smallest absolute Gasteiger partial charge is 0.212 e. The van der Waals surface area contributed by atoms with E-state index in [0.717, 1.165) is 0 Å². The minimum atomic E-state index is -4.03. The van der Waals surface area contributed by atoms with E-state index in [-0.39, 0.29) is 19.5 Å². The van der Waals surface area contributed by atoms with Crippen molar-refractivity contribution in [3.8, 4) is 0 Å². The molecule has 0 bridgehead atoms. The number of hydrogen-bond donors (Lipinski definition) is 3. The predicted molar refractivity (Wildman–Crippen MR) is 48.9 cm³/mol. The van der Waals surface area contributed by atoms with E-state index in [1.807, 2.05) is 0 Å². The Bertz CT molecular complexity index is 369. The largest absolute Gasteiger partial charge is 0.229 e. The summed E-state index contributed by atoms with van der Waals surface area (Å²) in [6, 6.07) is 0. The Hall–Kier alpha value is 0.263. The number of alkyl halides is 3. The quantitative estimate of drug-likeness (QED) is 0.381. The first-order valence-electron chi connectivity index (χ1n) is 3.39. The van der Waals surface area contributed by atoms with Crippen LogP contribution in [0.25, 0.3) is 0 Å². The van der Waals surface area contributed by atoms with E-state index in [4.69, 9.17) is 0 Å². The maximum Gasteiger partial charge on any atom is 0.212 e. The zero-order valence-corrected chi connectivity index (χ0v) is 13.5. The molecule has 0 saturated heterocycles. The van der Waals surface area contributed by atoms with Crippen LogP contribution in [0.5, 0.6) is 0 Å². The first kappa shape index (κ1) is 19.6. The van der Waals surface area contributed by atoms with Crippen molar-refractivity contribution in [3.05, 3.63) is 5.92 Å². The molecule has 0 N–H and O–H groups in total. The fraction of sp³-hybridized carbons (Fsp3) is 0.750. The Kier molecular flexibility index (Phi) is 9.66. The molecule has 0 aromatic heterocycles. The summed E-state index contributed by atoms with van der Waals surface area (Å²) in [7, 11) is -12.1. The van der Waals surface area contributed by atoms with Gasteiger partial charge in [0.2, 0.25) is 16.5 Å². The Balaban J connectivity index is 0. The molecule has 0 aromatic rings. The van der Waals surface area contributed by atoms with Crippen LogP contribution in [0.1, 0.15) is 0 Å². The van der Waals surface area contributed by atoms with Gasteiger partial charge in [-0.05, 0) is 0 Å². The molecular formula is C4H6F3O6S3Zn. The summed E-state index contributed by atoms with van der Waals surface area (Å²) in [5.74, 6) is -2.00. The second-order valence-electron chi connectivity index (χ2n) is 2.36. The molecule has 0 fully saturated rings. The van der Waals surface area contributed by atoms with Crippen LogP contribution < -0.4 is 0 Å². The van der Waals surface area contributed by atoms with Gasteiger partial charge in [0.1, 0.15) is 5.92 Å². The first-order valence-corrected chi connectivity index (χ1v) is 7.13. The van der Waals surface area contributed by atoms with Gasteiger partial charge in [-0.15, -0.1) is 0 Å². The molecule has 0 spiro atoms. The van der Waals surface area contributed by atoms with Gasteiger partial charge < -0.3 is 0 Å². The van der Waals surface area contributed by atoms with Crippen molar-refractivity contribution in [3.63, 3.8) is 0 Å². The summed E-state index contributed by atoms with van der Waals surface area (Å²) < 4.78 is 98.9. The summed E-state index contributed by atoms with van der Waals surface area (Å²) in [6.07, 6.45) is 0. The molecule has 0 amide bonds. The third kappa shape index (κ3) is 5.62. The third-order valence-electron chi connectivity index (χ3n) is 1.38. The van der Waals surface area contributed by atoms with E-state index in [2.05, 4.69) is 0 Å². The van der Waals surface area contributed by atoms with Crippen LogP contribution >= 0.6 is 0 Å². The molecule has 0 rings (SSSR count). The van der Waals surface area contributed by atoms with E-state index in [1.54, 1.807) is 0 Å². The molecule has 3 unspecified atom stereocenters. The van der Waals surface area contributed by atoms with Crippen LogP contribution in [0.2, 0.25) is 0 Å². The molecule has 0 aliphatic heterocycles. The average molecular weight is 369 g/mol. The number of halogens is 3. The van der Waals surface area contributed by atoms with Crippen LogP contribution in [0, 0.1) is 5.92 Å². The van der Waals surface area contributed by atoms with Gasteiger partial charge in [0.25, 0.3) is 0 Å². The van der Waals surface area contributed by atoms with Crippen molar-refractivity contribution in [1.29, 1.82) is 0 Å². The van der Waals surface area contributed by atoms with Crippen LogP contribution in [-0.2, 0) is 51.6 Å². The molecule has 99 valence electrons. The summed E-state index contributed by atoms with van der Waals surface area (Å²) in [4.78, 5) is 0. The Morgan fingerprint density at radius 1 is 0.647 bits per heavy atom. The van der Waals surface area contributed by atoms with E-state index in [1.165, 1.54) is 0 Å². The summed E-state index contributed by atoms with van der Waals surface area (Å²) >= 11 is 0. The molecule has 0 heterocycles. The molecule has 17 heavy (non-hydrogen) atoms. The summed E-state index contributed by atoms with van der Waals surface area (Å²) in [5, 5.41) is 0. The zero-order valence-electron chi connectivity index (χ0n) is 7.86. The molecule has 6 nitrogen and oxygen atoms in total. The predicted octanol–water partition coefficient (Wildman–Crippen LogP) is -1.72. The monoisotopic (exact) mass is 367 g/mol. The van der Waals surface area contributed by atoms with Gasteiger partial charge in [-0.2, -0.15) is 0 Å². The van der Waals surface area contributed by atoms with Gasteiger partial charge in [-0.25, -0.2) is 38.4 Å². The number of thiol groups is 3. The maximum absolute atomic E-state index is 12.8. The van der Waals surface area contributed by atoms with Gasteiger partial charge >= 0.3 is 0 Å². The molecule has 1 radical (unpaired) electrons. The molecule has 0 aliphatic rings. The van der Waals surface area contributed by atoms with Gasteiger partial charge in [-0.1, -0.05) is 0 Å². The molecular weight excluding hydrogens is 363 g/mol. The number of hydrogen-bond acceptors (Lipinski definition) is 6.